The summed E-state index contributed by atoms with van der Waals surface area (Å²) in [7, 11) is 0. The molecular formula is C61H108O5. The van der Waals surface area contributed by atoms with Gasteiger partial charge in [-0.05, 0) is 103 Å². The van der Waals surface area contributed by atoms with Gasteiger partial charge in [0.1, 0.15) is 6.61 Å². The van der Waals surface area contributed by atoms with E-state index >= 15 is 0 Å². The van der Waals surface area contributed by atoms with E-state index in [4.69, 9.17) is 14.2 Å². The Labute approximate surface area is 410 Å². The Morgan fingerprint density at radius 3 is 1.15 bits per heavy atom. The Morgan fingerprint density at radius 1 is 0.348 bits per heavy atom. The van der Waals surface area contributed by atoms with Gasteiger partial charge in [0.05, 0.1) is 6.61 Å². The van der Waals surface area contributed by atoms with Crippen LogP contribution in [0.5, 0.6) is 0 Å². The number of hydrogen-bond acceptors (Lipinski definition) is 5. The fourth-order valence-electron chi connectivity index (χ4n) is 7.95. The molecule has 0 radical (unpaired) electrons. The van der Waals surface area contributed by atoms with E-state index in [0.717, 1.165) is 89.9 Å². The Hall–Kier alpha value is -2.66. The van der Waals surface area contributed by atoms with E-state index in [1.54, 1.807) is 0 Å². The molecule has 0 bridgehead atoms. The molecule has 0 saturated heterocycles. The number of ether oxygens (including phenoxy) is 3. The van der Waals surface area contributed by atoms with Gasteiger partial charge in [0, 0.05) is 19.4 Å². The molecule has 0 N–H and O–H groups in total. The zero-order valence-electron chi connectivity index (χ0n) is 44.0. The Morgan fingerprint density at radius 2 is 0.697 bits per heavy atom. The summed E-state index contributed by atoms with van der Waals surface area (Å²) in [5.41, 5.74) is 0. The van der Waals surface area contributed by atoms with Crippen LogP contribution < -0.4 is 0 Å². The largest absolute Gasteiger partial charge is 0.462 e. The molecule has 0 heterocycles. The second-order valence-electron chi connectivity index (χ2n) is 18.8. The van der Waals surface area contributed by atoms with Crippen molar-refractivity contribution in [3.63, 3.8) is 0 Å². The maximum Gasteiger partial charge on any atom is 0.306 e. The molecule has 1 unspecified atom stereocenters. The van der Waals surface area contributed by atoms with Gasteiger partial charge in [-0.1, -0.05) is 235 Å². The predicted octanol–water partition coefficient (Wildman–Crippen LogP) is 19.5. The molecule has 0 saturated carbocycles. The van der Waals surface area contributed by atoms with Crippen molar-refractivity contribution in [2.75, 3.05) is 19.8 Å². The van der Waals surface area contributed by atoms with Crippen molar-refractivity contribution in [3.05, 3.63) is 72.9 Å². The van der Waals surface area contributed by atoms with Gasteiger partial charge in [0.2, 0.25) is 0 Å². The van der Waals surface area contributed by atoms with E-state index < -0.39 is 6.10 Å². The maximum atomic E-state index is 12.8. The van der Waals surface area contributed by atoms with Gasteiger partial charge in [-0.3, -0.25) is 9.59 Å². The zero-order chi connectivity index (χ0) is 47.7. The summed E-state index contributed by atoms with van der Waals surface area (Å²) in [5, 5.41) is 0. The number of carbonyl (C=O) groups excluding carboxylic acids is 2. The van der Waals surface area contributed by atoms with Crippen LogP contribution in [0.15, 0.2) is 72.9 Å². The molecule has 0 aliphatic heterocycles. The lowest BCUT2D eigenvalue weighted by atomic mass is 10.1. The first kappa shape index (κ1) is 63.3. The van der Waals surface area contributed by atoms with E-state index in [1.165, 1.54) is 154 Å². The van der Waals surface area contributed by atoms with Crippen LogP contribution in [0.25, 0.3) is 0 Å². The van der Waals surface area contributed by atoms with Crippen molar-refractivity contribution in [1.82, 2.24) is 0 Å². The third kappa shape index (κ3) is 54.0. The number of carbonyl (C=O) groups is 2. The number of allylic oxidation sites excluding steroid dienone is 12. The van der Waals surface area contributed by atoms with Crippen molar-refractivity contribution in [3.8, 4) is 0 Å². The average Bonchev–Trinajstić information content (AvgIpc) is 3.32. The number of hydrogen-bond donors (Lipinski definition) is 0. The number of esters is 2. The fraction of sp³-hybridized carbons (Fsp3) is 0.770. The van der Waals surface area contributed by atoms with Crippen LogP contribution in [-0.4, -0.2) is 37.9 Å². The molecule has 0 spiro atoms. The van der Waals surface area contributed by atoms with E-state index in [-0.39, 0.29) is 25.2 Å². The monoisotopic (exact) mass is 921 g/mol. The van der Waals surface area contributed by atoms with Crippen molar-refractivity contribution in [1.29, 1.82) is 0 Å². The van der Waals surface area contributed by atoms with E-state index in [0.29, 0.717) is 19.4 Å². The second-order valence-corrected chi connectivity index (χ2v) is 18.8. The smallest absolute Gasteiger partial charge is 0.306 e. The summed E-state index contributed by atoms with van der Waals surface area (Å²) < 4.78 is 17.4. The van der Waals surface area contributed by atoms with Crippen LogP contribution in [0.4, 0.5) is 0 Å². The molecule has 5 heteroatoms. The maximum absolute atomic E-state index is 12.8. The van der Waals surface area contributed by atoms with Crippen LogP contribution in [0.1, 0.15) is 278 Å². The Balaban J connectivity index is 4.22. The topological polar surface area (TPSA) is 61.8 Å². The summed E-state index contributed by atoms with van der Waals surface area (Å²) in [4.78, 5) is 25.4. The van der Waals surface area contributed by atoms with Gasteiger partial charge in [0.15, 0.2) is 6.10 Å². The molecule has 0 aliphatic carbocycles. The molecule has 382 valence electrons. The van der Waals surface area contributed by atoms with Gasteiger partial charge < -0.3 is 14.2 Å². The first-order chi connectivity index (χ1) is 32.6. The highest BCUT2D eigenvalue weighted by molar-refractivity contribution is 5.70. The third-order valence-electron chi connectivity index (χ3n) is 12.2. The van der Waals surface area contributed by atoms with Crippen molar-refractivity contribution < 1.29 is 23.8 Å². The highest BCUT2D eigenvalue weighted by Gasteiger charge is 2.17. The minimum Gasteiger partial charge on any atom is -0.462 e. The zero-order valence-corrected chi connectivity index (χ0v) is 44.0. The van der Waals surface area contributed by atoms with Crippen LogP contribution in [0.2, 0.25) is 0 Å². The predicted molar refractivity (Wildman–Crippen MR) is 288 cm³/mol. The highest BCUT2D eigenvalue weighted by atomic mass is 16.6. The van der Waals surface area contributed by atoms with Crippen LogP contribution in [0.3, 0.4) is 0 Å². The molecular weight excluding hydrogens is 813 g/mol. The Bertz CT molecular complexity index is 1180. The molecule has 0 fully saturated rings. The summed E-state index contributed by atoms with van der Waals surface area (Å²) in [6.45, 7) is 7.68. The summed E-state index contributed by atoms with van der Waals surface area (Å²) >= 11 is 0. The van der Waals surface area contributed by atoms with Crippen LogP contribution in [0, 0.1) is 0 Å². The first-order valence-electron chi connectivity index (χ1n) is 28.5. The van der Waals surface area contributed by atoms with Crippen molar-refractivity contribution in [2.24, 2.45) is 0 Å². The highest BCUT2D eigenvalue weighted by Crippen LogP contribution is 2.15. The normalized spacial score (nSPS) is 12.7. The van der Waals surface area contributed by atoms with Crippen molar-refractivity contribution in [2.45, 2.75) is 284 Å². The molecule has 0 aliphatic rings. The van der Waals surface area contributed by atoms with Gasteiger partial charge in [0.25, 0.3) is 0 Å². The first-order valence-corrected chi connectivity index (χ1v) is 28.5. The molecule has 0 aromatic carbocycles. The summed E-state index contributed by atoms with van der Waals surface area (Å²) in [5.74, 6) is -0.419. The van der Waals surface area contributed by atoms with Gasteiger partial charge in [-0.2, -0.15) is 0 Å². The molecule has 0 amide bonds. The quantitative estimate of drug-likeness (QED) is 0.0346. The van der Waals surface area contributed by atoms with Gasteiger partial charge in [-0.15, -0.1) is 0 Å². The third-order valence-corrected chi connectivity index (χ3v) is 12.2. The average molecular weight is 922 g/mol. The number of unbranched alkanes of at least 4 members (excludes halogenated alkanes) is 29. The fourth-order valence-corrected chi connectivity index (χ4v) is 7.95. The van der Waals surface area contributed by atoms with E-state index in [2.05, 4.69) is 93.7 Å². The minimum absolute atomic E-state index is 0.0730. The summed E-state index contributed by atoms with van der Waals surface area (Å²) in [6, 6.07) is 0. The standard InChI is InChI=1S/C61H108O5/c1-4-7-10-13-16-19-22-24-26-28-30-32-34-36-38-41-44-47-50-53-56-64-57-59(66-61(63)55-52-49-46-43-39-21-18-15-12-9-6-3)58-65-60(62)54-51-48-45-42-40-37-35-33-31-29-27-25-23-20-17-14-11-8-5-2/h8,11,15,17-18,20,24-27,31,33,59H,4-7,9-10,12-14,16,19,21-23,28-30,32,34-58H2,1-3H3/b11-8-,18-15-,20-17-,26-24-,27-25-,33-31-. The molecule has 0 rings (SSSR count). The van der Waals surface area contributed by atoms with E-state index in [9.17, 15) is 9.59 Å². The van der Waals surface area contributed by atoms with Crippen LogP contribution >= 0.6 is 0 Å². The van der Waals surface area contributed by atoms with Gasteiger partial charge >= 0.3 is 11.9 Å². The molecule has 0 aromatic heterocycles. The Kier molecular flexibility index (Phi) is 54.4. The van der Waals surface area contributed by atoms with Crippen LogP contribution in [-0.2, 0) is 23.8 Å². The number of rotatable bonds is 52. The SMILES string of the molecule is CC/C=C\C/C=C\C/C=C\C/C=C\CCCCCCCCC(=O)OCC(COCCCCCCCCCCCC/C=C\CCCCCCCC)OC(=O)CCCCCCC/C=C\CCCC. The lowest BCUT2D eigenvalue weighted by Gasteiger charge is -2.18. The van der Waals surface area contributed by atoms with Gasteiger partial charge in [-0.25, -0.2) is 0 Å². The summed E-state index contributed by atoms with van der Waals surface area (Å²) in [6.07, 6.45) is 73.5. The molecule has 1 atom stereocenters. The van der Waals surface area contributed by atoms with E-state index in [1.807, 2.05) is 0 Å². The minimum atomic E-state index is -0.549. The second kappa shape index (κ2) is 56.7. The molecule has 66 heavy (non-hydrogen) atoms. The molecule has 5 nitrogen and oxygen atoms in total. The lowest BCUT2D eigenvalue weighted by molar-refractivity contribution is -0.163. The molecule has 0 aromatic rings. The van der Waals surface area contributed by atoms with Crippen molar-refractivity contribution >= 4 is 11.9 Å². The lowest BCUT2D eigenvalue weighted by Crippen LogP contribution is -2.30.